The summed E-state index contributed by atoms with van der Waals surface area (Å²) in [6, 6.07) is 0. The Kier molecular flexibility index (Phi) is 10.4. The van der Waals surface area contributed by atoms with Crippen molar-refractivity contribution in [2.24, 2.45) is 0 Å². The fourth-order valence-corrected chi connectivity index (χ4v) is 1.58. The molecule has 0 aliphatic heterocycles. The molecule has 0 radical (unpaired) electrons. The number of rotatable bonds is 10. The molecule has 0 aromatic carbocycles. The molecular formula is C10H17ClO5P+. The molecule has 0 aromatic rings. The Bertz CT molecular complexity index is 259. The largest absolute Gasteiger partial charge is 0.560 e. The van der Waals surface area contributed by atoms with Gasteiger partial charge in [-0.25, -0.2) is 0 Å². The molecule has 0 heterocycles. The zero-order valence-electron chi connectivity index (χ0n) is 9.76. The Hall–Kier alpha value is -0.480. The molecule has 0 spiro atoms. The minimum atomic E-state index is -2.20. The highest BCUT2D eigenvalue weighted by atomic mass is 35.5. The van der Waals surface area contributed by atoms with E-state index in [-0.39, 0.29) is 12.7 Å². The van der Waals surface area contributed by atoms with Gasteiger partial charge in [-0.1, -0.05) is 19.9 Å². The third-order valence-corrected chi connectivity index (χ3v) is 2.99. The molecule has 2 unspecified atom stereocenters. The van der Waals surface area contributed by atoms with Gasteiger partial charge < -0.3 is 9.47 Å². The van der Waals surface area contributed by atoms with Crippen molar-refractivity contribution in [2.75, 3.05) is 19.3 Å². The molecule has 0 fully saturated rings. The van der Waals surface area contributed by atoms with E-state index in [0.29, 0.717) is 6.61 Å². The summed E-state index contributed by atoms with van der Waals surface area (Å²) in [6.07, 6.45) is 3.15. The minimum absolute atomic E-state index is 0.0992. The molecule has 0 aliphatic rings. The summed E-state index contributed by atoms with van der Waals surface area (Å²) in [5.74, 6) is -1.97. The van der Waals surface area contributed by atoms with Gasteiger partial charge in [-0.05, 0) is 11.0 Å². The van der Waals surface area contributed by atoms with E-state index in [9.17, 15) is 9.36 Å². The van der Waals surface area contributed by atoms with E-state index in [0.717, 1.165) is 12.8 Å². The maximum absolute atomic E-state index is 11.5. The third-order valence-electron chi connectivity index (χ3n) is 1.68. The van der Waals surface area contributed by atoms with Gasteiger partial charge in [-0.2, -0.15) is 0 Å². The lowest BCUT2D eigenvalue weighted by Crippen LogP contribution is -2.14. The second-order valence-electron chi connectivity index (χ2n) is 3.04. The van der Waals surface area contributed by atoms with Gasteiger partial charge in [0, 0.05) is 12.7 Å². The third kappa shape index (κ3) is 8.27. The number of halogens is 1. The molecule has 98 valence electrons. The molecule has 0 rings (SSSR count). The summed E-state index contributed by atoms with van der Waals surface area (Å²) in [5, 5.41) is 0. The second kappa shape index (κ2) is 10.7. The van der Waals surface area contributed by atoms with E-state index in [2.05, 4.69) is 6.58 Å². The summed E-state index contributed by atoms with van der Waals surface area (Å²) < 4.78 is 26.2. The normalized spacial score (nSPS) is 12.9. The van der Waals surface area contributed by atoms with Crippen LogP contribution in [-0.2, 0) is 23.4 Å². The Morgan fingerprint density at radius 3 is 2.82 bits per heavy atom. The number of carbonyl (C=O) groups excluding carboxylic acids is 1. The summed E-state index contributed by atoms with van der Waals surface area (Å²) in [4.78, 5) is 10.9. The highest BCUT2D eigenvalue weighted by Crippen LogP contribution is 2.31. The Balaban J connectivity index is 3.84. The average Bonchev–Trinajstić information content (AvgIpc) is 2.34. The molecule has 0 bridgehead atoms. The van der Waals surface area contributed by atoms with E-state index in [4.69, 9.17) is 25.6 Å². The Morgan fingerprint density at radius 2 is 2.29 bits per heavy atom. The minimum Gasteiger partial charge on any atom is -0.409 e. The number of ether oxygens (including phenoxy) is 2. The number of hydrogen-bond donors (Lipinski definition) is 0. The van der Waals surface area contributed by atoms with Gasteiger partial charge in [0.2, 0.25) is 6.79 Å². The van der Waals surface area contributed by atoms with Gasteiger partial charge in [0.15, 0.2) is 0 Å². The molecular weight excluding hydrogens is 267 g/mol. The first-order chi connectivity index (χ1) is 8.15. The quantitative estimate of drug-likeness (QED) is 0.154. The van der Waals surface area contributed by atoms with Crippen molar-refractivity contribution in [3.8, 4) is 0 Å². The number of hydrogen-bond acceptors (Lipinski definition) is 5. The molecule has 7 heteroatoms. The molecule has 0 N–H and O–H groups in total. The number of unbranched alkanes of at least 4 members (excludes halogenated alkanes) is 1. The molecule has 0 amide bonds. The SMILES string of the molecule is C=CC(OC(=O)CCl)[P+](=O)OCOCCCC. The van der Waals surface area contributed by atoms with Crippen LogP contribution in [0.5, 0.6) is 0 Å². The molecule has 0 saturated heterocycles. The van der Waals surface area contributed by atoms with Crippen LogP contribution in [0.1, 0.15) is 19.8 Å². The zero-order valence-corrected chi connectivity index (χ0v) is 11.4. The zero-order chi connectivity index (χ0) is 13.1. The van der Waals surface area contributed by atoms with Crippen LogP contribution in [0, 0.1) is 0 Å². The van der Waals surface area contributed by atoms with Crippen molar-refractivity contribution in [3.63, 3.8) is 0 Å². The highest BCUT2D eigenvalue weighted by molar-refractivity contribution is 7.40. The molecule has 17 heavy (non-hydrogen) atoms. The number of esters is 1. The summed E-state index contributed by atoms with van der Waals surface area (Å²) in [5.41, 5.74) is 0. The van der Waals surface area contributed by atoms with Crippen LogP contribution in [0.4, 0.5) is 0 Å². The first-order valence-corrected chi connectivity index (χ1v) is 6.98. The monoisotopic (exact) mass is 283 g/mol. The maximum Gasteiger partial charge on any atom is 0.560 e. The van der Waals surface area contributed by atoms with Gasteiger partial charge >= 0.3 is 19.8 Å². The van der Waals surface area contributed by atoms with Crippen molar-refractivity contribution >= 4 is 25.6 Å². The van der Waals surface area contributed by atoms with Crippen LogP contribution in [0.25, 0.3) is 0 Å². The van der Waals surface area contributed by atoms with E-state index >= 15 is 0 Å². The average molecular weight is 284 g/mol. The van der Waals surface area contributed by atoms with Crippen LogP contribution in [-0.4, -0.2) is 31.1 Å². The number of alkyl halides is 1. The van der Waals surface area contributed by atoms with Crippen molar-refractivity contribution in [3.05, 3.63) is 12.7 Å². The molecule has 2 atom stereocenters. The summed E-state index contributed by atoms with van der Waals surface area (Å²) in [6.45, 7) is 5.88. The first-order valence-electron chi connectivity index (χ1n) is 5.20. The van der Waals surface area contributed by atoms with Gasteiger partial charge in [0.1, 0.15) is 5.88 Å². The summed E-state index contributed by atoms with van der Waals surface area (Å²) >= 11 is 5.25. The van der Waals surface area contributed by atoms with Gasteiger partial charge in [-0.15, -0.1) is 16.1 Å². The van der Waals surface area contributed by atoms with Crippen LogP contribution >= 0.6 is 19.6 Å². The topological polar surface area (TPSA) is 61.8 Å². The second-order valence-corrected chi connectivity index (χ2v) is 4.65. The predicted octanol–water partition coefficient (Wildman–Crippen LogP) is 2.81. The molecule has 0 aliphatic carbocycles. The van der Waals surface area contributed by atoms with E-state index < -0.39 is 19.8 Å². The van der Waals surface area contributed by atoms with Gasteiger partial charge in [-0.3, -0.25) is 4.79 Å². The fourth-order valence-electron chi connectivity index (χ4n) is 0.811. The van der Waals surface area contributed by atoms with Gasteiger partial charge in [0.25, 0.3) is 0 Å². The standard InChI is InChI=1S/C10H17ClO5P/c1-3-5-6-14-8-15-17(13)10(4-2)16-9(12)7-11/h4,10H,2-3,5-8H2,1H3/q+1. The highest BCUT2D eigenvalue weighted by Gasteiger charge is 2.33. The number of carbonyl (C=O) groups is 1. The van der Waals surface area contributed by atoms with Gasteiger partial charge in [0.05, 0.1) is 0 Å². The lowest BCUT2D eigenvalue weighted by atomic mass is 10.4. The van der Waals surface area contributed by atoms with Crippen LogP contribution in [0.15, 0.2) is 12.7 Å². The summed E-state index contributed by atoms with van der Waals surface area (Å²) in [7, 11) is -2.20. The molecule has 5 nitrogen and oxygen atoms in total. The van der Waals surface area contributed by atoms with Crippen LogP contribution in [0.2, 0.25) is 0 Å². The first kappa shape index (κ1) is 16.5. The molecule has 0 aromatic heterocycles. The Morgan fingerprint density at radius 1 is 1.59 bits per heavy atom. The van der Waals surface area contributed by atoms with Crippen LogP contribution in [0.3, 0.4) is 0 Å². The van der Waals surface area contributed by atoms with Crippen molar-refractivity contribution in [1.82, 2.24) is 0 Å². The van der Waals surface area contributed by atoms with E-state index in [1.807, 2.05) is 6.92 Å². The van der Waals surface area contributed by atoms with E-state index in [1.165, 1.54) is 6.08 Å². The van der Waals surface area contributed by atoms with E-state index in [1.54, 1.807) is 0 Å². The molecule has 0 saturated carbocycles. The lowest BCUT2D eigenvalue weighted by molar-refractivity contribution is -0.141. The lowest BCUT2D eigenvalue weighted by Gasteiger charge is -2.03. The van der Waals surface area contributed by atoms with Crippen LogP contribution < -0.4 is 0 Å². The Labute approximate surface area is 107 Å². The predicted molar refractivity (Wildman–Crippen MR) is 65.2 cm³/mol. The maximum atomic E-state index is 11.5. The smallest absolute Gasteiger partial charge is 0.409 e. The van der Waals surface area contributed by atoms with Crippen molar-refractivity contribution in [2.45, 2.75) is 25.6 Å². The van der Waals surface area contributed by atoms with Crippen molar-refractivity contribution < 1.29 is 23.4 Å². The fraction of sp³-hybridized carbons (Fsp3) is 0.700. The van der Waals surface area contributed by atoms with Crippen molar-refractivity contribution in [1.29, 1.82) is 0 Å².